The first-order valence-electron chi connectivity index (χ1n) is 6.34. The van der Waals surface area contributed by atoms with E-state index in [-0.39, 0.29) is 6.61 Å². The van der Waals surface area contributed by atoms with Gasteiger partial charge in [0.1, 0.15) is 23.1 Å². The van der Waals surface area contributed by atoms with Crippen molar-refractivity contribution in [3.63, 3.8) is 0 Å². The van der Waals surface area contributed by atoms with Crippen LogP contribution < -0.4 is 4.90 Å². The summed E-state index contributed by atoms with van der Waals surface area (Å²) in [7, 11) is 0. The molecule has 1 atom stereocenters. The predicted octanol–water partition coefficient (Wildman–Crippen LogP) is 1.80. The van der Waals surface area contributed by atoms with E-state index in [1.54, 1.807) is 18.3 Å². The number of aromatic nitrogens is 3. The Morgan fingerprint density at radius 3 is 3.00 bits per heavy atom. The van der Waals surface area contributed by atoms with Crippen LogP contribution in [-0.4, -0.2) is 33.2 Å². The van der Waals surface area contributed by atoms with Gasteiger partial charge < -0.3 is 10.0 Å². The van der Waals surface area contributed by atoms with Gasteiger partial charge in [-0.05, 0) is 12.1 Å². The first-order chi connectivity index (χ1) is 10.1. The Kier molecular flexibility index (Phi) is 3.24. The lowest BCUT2D eigenvalue weighted by molar-refractivity contribution is 0.216. The minimum Gasteiger partial charge on any atom is -0.395 e. The van der Waals surface area contributed by atoms with Crippen molar-refractivity contribution in [3.8, 4) is 6.07 Å². The second kappa shape index (κ2) is 4.95. The summed E-state index contributed by atoms with van der Waals surface area (Å²) in [6.45, 7) is 2.29. The van der Waals surface area contributed by atoms with Crippen LogP contribution in [0.2, 0.25) is 5.15 Å². The quantitative estimate of drug-likeness (QED) is 0.851. The van der Waals surface area contributed by atoms with E-state index >= 15 is 0 Å². The maximum Gasteiger partial charge on any atom is 0.143 e. The van der Waals surface area contributed by atoms with Gasteiger partial charge in [0.15, 0.2) is 0 Å². The van der Waals surface area contributed by atoms with Crippen molar-refractivity contribution >= 4 is 23.2 Å². The second-order valence-electron chi connectivity index (χ2n) is 5.18. The molecule has 1 unspecified atom stereocenters. The van der Waals surface area contributed by atoms with Gasteiger partial charge in [-0.15, -0.1) is 0 Å². The summed E-state index contributed by atoms with van der Waals surface area (Å²) >= 11 is 6.18. The number of nitrogens with zero attached hydrogens (tertiary/aromatic N) is 5. The number of hydrogen-bond donors (Lipinski definition) is 1. The largest absolute Gasteiger partial charge is 0.395 e. The van der Waals surface area contributed by atoms with Crippen LogP contribution in [0, 0.1) is 11.3 Å². The number of anilines is 2. The van der Waals surface area contributed by atoms with Crippen LogP contribution in [0.3, 0.4) is 0 Å². The highest BCUT2D eigenvalue weighted by atomic mass is 35.5. The van der Waals surface area contributed by atoms with Crippen LogP contribution in [0.5, 0.6) is 0 Å². The van der Waals surface area contributed by atoms with E-state index in [9.17, 15) is 5.11 Å². The lowest BCUT2D eigenvalue weighted by atomic mass is 9.87. The minimum absolute atomic E-state index is 0.0818. The normalized spacial score (nSPS) is 20.2. The minimum atomic E-state index is -0.571. The molecule has 0 radical (unpaired) electrons. The highest BCUT2D eigenvalue weighted by Crippen LogP contribution is 2.44. The van der Waals surface area contributed by atoms with Crippen LogP contribution in [-0.2, 0) is 5.41 Å². The van der Waals surface area contributed by atoms with Gasteiger partial charge in [0.25, 0.3) is 0 Å². The number of pyridine rings is 1. The molecule has 1 aliphatic rings. The maximum atomic E-state index is 9.75. The summed E-state index contributed by atoms with van der Waals surface area (Å²) in [5.74, 6) is 1.22. The zero-order chi connectivity index (χ0) is 15.0. The highest BCUT2D eigenvalue weighted by Gasteiger charge is 2.43. The molecule has 2 aromatic rings. The molecule has 6 nitrogen and oxygen atoms in total. The molecule has 0 spiro atoms. The average Bonchev–Trinajstić information content (AvgIpc) is 2.83. The molecule has 2 aromatic heterocycles. The van der Waals surface area contributed by atoms with Crippen molar-refractivity contribution < 1.29 is 5.11 Å². The van der Waals surface area contributed by atoms with Crippen LogP contribution in [0.1, 0.15) is 18.1 Å². The fourth-order valence-corrected chi connectivity index (χ4v) is 2.89. The fraction of sp³-hybridized carbons (Fsp3) is 0.286. The maximum absolute atomic E-state index is 9.75. The van der Waals surface area contributed by atoms with Crippen LogP contribution in [0.4, 0.5) is 11.6 Å². The molecule has 0 fully saturated rings. The van der Waals surface area contributed by atoms with Gasteiger partial charge in [-0.2, -0.15) is 5.26 Å². The van der Waals surface area contributed by atoms with Crippen LogP contribution in [0.25, 0.3) is 0 Å². The Morgan fingerprint density at radius 2 is 2.29 bits per heavy atom. The smallest absolute Gasteiger partial charge is 0.143 e. The molecule has 1 aliphatic heterocycles. The molecule has 0 bridgehead atoms. The predicted molar refractivity (Wildman–Crippen MR) is 77.4 cm³/mol. The van der Waals surface area contributed by atoms with E-state index in [2.05, 4.69) is 21.0 Å². The molecule has 0 amide bonds. The number of aliphatic hydroxyl groups excluding tert-OH is 1. The molecule has 0 aromatic carbocycles. The molecule has 21 heavy (non-hydrogen) atoms. The summed E-state index contributed by atoms with van der Waals surface area (Å²) in [6, 6.07) is 5.41. The molecule has 7 heteroatoms. The Hall–Kier alpha value is -2.23. The molecule has 3 rings (SSSR count). The van der Waals surface area contributed by atoms with Crippen molar-refractivity contribution in [1.29, 1.82) is 5.26 Å². The lowest BCUT2D eigenvalue weighted by Gasteiger charge is -2.23. The van der Waals surface area contributed by atoms with E-state index in [1.807, 2.05) is 11.8 Å². The molecule has 3 heterocycles. The van der Waals surface area contributed by atoms with E-state index in [4.69, 9.17) is 16.9 Å². The van der Waals surface area contributed by atoms with Crippen LogP contribution >= 0.6 is 11.6 Å². The van der Waals surface area contributed by atoms with Gasteiger partial charge in [0.2, 0.25) is 0 Å². The standard InChI is InChI=1S/C14H12ClN5O/c1-14(7-21)6-20(10-4-9(5-16)2-3-17-10)13-11(14)12(15)18-8-19-13/h2-4,8,21H,6-7H2,1H3. The molecule has 0 saturated heterocycles. The van der Waals surface area contributed by atoms with Crippen molar-refractivity contribution in [2.75, 3.05) is 18.1 Å². The van der Waals surface area contributed by atoms with Crippen molar-refractivity contribution in [1.82, 2.24) is 15.0 Å². The summed E-state index contributed by atoms with van der Waals surface area (Å²) in [5.41, 5.74) is 0.649. The average molecular weight is 302 g/mol. The number of halogens is 1. The summed E-state index contributed by atoms with van der Waals surface area (Å²) < 4.78 is 0. The Balaban J connectivity index is 2.15. The second-order valence-corrected chi connectivity index (χ2v) is 5.54. The van der Waals surface area contributed by atoms with E-state index < -0.39 is 5.41 Å². The molecular weight excluding hydrogens is 290 g/mol. The highest BCUT2D eigenvalue weighted by molar-refractivity contribution is 6.30. The summed E-state index contributed by atoms with van der Waals surface area (Å²) in [4.78, 5) is 14.4. The molecule has 1 N–H and O–H groups in total. The molecule has 106 valence electrons. The zero-order valence-corrected chi connectivity index (χ0v) is 12.0. The Labute approximate surface area is 126 Å². The van der Waals surface area contributed by atoms with Gasteiger partial charge >= 0.3 is 0 Å². The first-order valence-corrected chi connectivity index (χ1v) is 6.72. The van der Waals surface area contributed by atoms with Gasteiger partial charge in [-0.25, -0.2) is 15.0 Å². The number of hydrogen-bond acceptors (Lipinski definition) is 6. The van der Waals surface area contributed by atoms with Gasteiger partial charge in [-0.3, -0.25) is 0 Å². The third kappa shape index (κ3) is 2.11. The topological polar surface area (TPSA) is 85.9 Å². The number of nitriles is 1. The molecule has 0 aliphatic carbocycles. The first kappa shape index (κ1) is 13.7. The van der Waals surface area contributed by atoms with Crippen molar-refractivity contribution in [3.05, 3.63) is 40.9 Å². The number of fused-ring (bicyclic) bond motifs is 1. The monoisotopic (exact) mass is 301 g/mol. The SMILES string of the molecule is CC1(CO)CN(c2cc(C#N)ccn2)c2ncnc(Cl)c21. The van der Waals surface area contributed by atoms with Gasteiger partial charge in [0.05, 0.1) is 18.2 Å². The third-order valence-corrected chi connectivity index (χ3v) is 3.93. The van der Waals surface area contributed by atoms with E-state index in [1.165, 1.54) is 6.33 Å². The third-order valence-electron chi connectivity index (χ3n) is 3.65. The van der Waals surface area contributed by atoms with E-state index in [0.717, 1.165) is 0 Å². The Bertz CT molecular complexity index is 744. The zero-order valence-electron chi connectivity index (χ0n) is 11.3. The van der Waals surface area contributed by atoms with Crippen molar-refractivity contribution in [2.24, 2.45) is 0 Å². The van der Waals surface area contributed by atoms with Crippen LogP contribution in [0.15, 0.2) is 24.7 Å². The number of rotatable bonds is 2. The molecule has 0 saturated carbocycles. The number of aliphatic hydroxyl groups is 1. The Morgan fingerprint density at radius 1 is 1.48 bits per heavy atom. The summed E-state index contributed by atoms with van der Waals surface area (Å²) in [6.07, 6.45) is 2.95. The van der Waals surface area contributed by atoms with Gasteiger partial charge in [-0.1, -0.05) is 18.5 Å². The summed E-state index contributed by atoms with van der Waals surface area (Å²) in [5, 5.41) is 19.1. The fourth-order valence-electron chi connectivity index (χ4n) is 2.54. The van der Waals surface area contributed by atoms with Crippen molar-refractivity contribution in [2.45, 2.75) is 12.3 Å². The molecular formula is C14H12ClN5O. The van der Waals surface area contributed by atoms with Gasteiger partial charge in [0, 0.05) is 23.7 Å². The van der Waals surface area contributed by atoms with E-state index in [0.29, 0.717) is 34.5 Å². The lowest BCUT2D eigenvalue weighted by Crippen LogP contribution is -2.32.